The molecule has 1 aromatic heterocycles. The molecule has 4 heteroatoms. The van der Waals surface area contributed by atoms with Crippen LogP contribution in [0.25, 0.3) is 21.7 Å². The summed E-state index contributed by atoms with van der Waals surface area (Å²) in [5.74, 6) is 0.513. The standard InChI is InChI=1S/C14H11NO2.ClH/c15-8-10-7-13(16)12-6-5-9-3-1-2-4-11(9)14(12)17-10;/h1-7H,8,15H2;1H. The van der Waals surface area contributed by atoms with Crippen molar-refractivity contribution in [2.75, 3.05) is 0 Å². The number of halogens is 1. The minimum atomic E-state index is -0.0440. The summed E-state index contributed by atoms with van der Waals surface area (Å²) in [5, 5.41) is 2.59. The molecule has 3 nitrogen and oxygen atoms in total. The Bertz CT molecular complexity index is 764. The van der Waals surface area contributed by atoms with Crippen LogP contribution in [0.4, 0.5) is 0 Å². The van der Waals surface area contributed by atoms with Gasteiger partial charge in [-0.05, 0) is 11.5 Å². The summed E-state index contributed by atoms with van der Waals surface area (Å²) in [6.07, 6.45) is 0. The highest BCUT2D eigenvalue weighted by molar-refractivity contribution is 6.03. The quantitative estimate of drug-likeness (QED) is 0.686. The van der Waals surface area contributed by atoms with Gasteiger partial charge in [-0.3, -0.25) is 4.79 Å². The molecule has 0 radical (unpaired) electrons. The van der Waals surface area contributed by atoms with Crippen molar-refractivity contribution in [1.82, 2.24) is 0 Å². The van der Waals surface area contributed by atoms with Gasteiger partial charge in [-0.2, -0.15) is 0 Å². The molecule has 0 aliphatic rings. The maximum absolute atomic E-state index is 11.9. The molecule has 0 spiro atoms. The third-order valence-electron chi connectivity index (χ3n) is 2.87. The van der Waals surface area contributed by atoms with Crippen molar-refractivity contribution >= 4 is 34.1 Å². The van der Waals surface area contributed by atoms with Crippen molar-refractivity contribution in [2.24, 2.45) is 5.73 Å². The Morgan fingerprint density at radius 1 is 1.06 bits per heavy atom. The first-order valence-corrected chi connectivity index (χ1v) is 5.44. The van der Waals surface area contributed by atoms with E-state index in [1.54, 1.807) is 6.07 Å². The van der Waals surface area contributed by atoms with Gasteiger partial charge in [0.2, 0.25) is 0 Å². The smallest absolute Gasteiger partial charge is 0.193 e. The molecule has 18 heavy (non-hydrogen) atoms. The van der Waals surface area contributed by atoms with Crippen LogP contribution in [0.5, 0.6) is 0 Å². The zero-order valence-electron chi connectivity index (χ0n) is 9.55. The second kappa shape index (κ2) is 4.80. The number of fused-ring (bicyclic) bond motifs is 3. The first-order chi connectivity index (χ1) is 8.29. The van der Waals surface area contributed by atoms with Crippen molar-refractivity contribution < 1.29 is 4.42 Å². The fourth-order valence-electron chi connectivity index (χ4n) is 2.03. The van der Waals surface area contributed by atoms with Crippen LogP contribution >= 0.6 is 12.4 Å². The zero-order valence-corrected chi connectivity index (χ0v) is 10.4. The van der Waals surface area contributed by atoms with Crippen LogP contribution in [-0.4, -0.2) is 0 Å². The molecule has 3 aromatic rings. The van der Waals surface area contributed by atoms with Crippen molar-refractivity contribution in [1.29, 1.82) is 0 Å². The molecule has 1 heterocycles. The average Bonchev–Trinajstić information content (AvgIpc) is 2.38. The fraction of sp³-hybridized carbons (Fsp3) is 0.0714. The zero-order chi connectivity index (χ0) is 11.8. The Kier molecular flexibility index (Phi) is 3.36. The lowest BCUT2D eigenvalue weighted by molar-refractivity contribution is 0.542. The SMILES string of the molecule is Cl.NCc1cc(=O)c2ccc3ccccc3c2o1. The van der Waals surface area contributed by atoms with Gasteiger partial charge in [-0.25, -0.2) is 0 Å². The minimum Gasteiger partial charge on any atom is -0.459 e. The third-order valence-corrected chi connectivity index (χ3v) is 2.87. The van der Waals surface area contributed by atoms with Crippen LogP contribution in [0.3, 0.4) is 0 Å². The summed E-state index contributed by atoms with van der Waals surface area (Å²) in [7, 11) is 0. The normalized spacial score (nSPS) is 10.5. The van der Waals surface area contributed by atoms with Gasteiger partial charge in [0.1, 0.15) is 11.3 Å². The number of hydrogen-bond donors (Lipinski definition) is 1. The molecule has 0 fully saturated rings. The van der Waals surface area contributed by atoms with Crippen molar-refractivity contribution in [3.63, 3.8) is 0 Å². The monoisotopic (exact) mass is 261 g/mol. The first-order valence-electron chi connectivity index (χ1n) is 5.44. The predicted molar refractivity (Wildman–Crippen MR) is 75.1 cm³/mol. The second-order valence-corrected chi connectivity index (χ2v) is 3.94. The van der Waals surface area contributed by atoms with E-state index in [0.717, 1.165) is 10.8 Å². The van der Waals surface area contributed by atoms with E-state index in [9.17, 15) is 4.79 Å². The van der Waals surface area contributed by atoms with Gasteiger partial charge in [0, 0.05) is 11.5 Å². The molecule has 0 bridgehead atoms. The minimum absolute atomic E-state index is 0. The summed E-state index contributed by atoms with van der Waals surface area (Å²) in [4.78, 5) is 11.9. The molecule has 0 saturated heterocycles. The van der Waals surface area contributed by atoms with Crippen molar-refractivity contribution in [3.05, 3.63) is 58.4 Å². The summed E-state index contributed by atoms with van der Waals surface area (Å²) in [5.41, 5.74) is 6.10. The molecular formula is C14H12ClNO2. The van der Waals surface area contributed by atoms with E-state index in [0.29, 0.717) is 16.7 Å². The number of hydrogen-bond acceptors (Lipinski definition) is 3. The average molecular weight is 262 g/mol. The number of rotatable bonds is 1. The van der Waals surface area contributed by atoms with Crippen LogP contribution in [0, 0.1) is 0 Å². The summed E-state index contributed by atoms with van der Waals surface area (Å²) in [6.45, 7) is 0.231. The Morgan fingerprint density at radius 2 is 1.83 bits per heavy atom. The molecule has 0 atom stereocenters. The molecule has 0 saturated carbocycles. The lowest BCUT2D eigenvalue weighted by atomic mass is 10.1. The van der Waals surface area contributed by atoms with Crippen LogP contribution < -0.4 is 11.2 Å². The predicted octanol–water partition coefficient (Wildman–Crippen LogP) is 2.83. The fourth-order valence-corrected chi connectivity index (χ4v) is 2.03. The molecule has 3 rings (SSSR count). The van der Waals surface area contributed by atoms with Crippen LogP contribution in [-0.2, 0) is 6.54 Å². The van der Waals surface area contributed by atoms with Gasteiger partial charge in [0.25, 0.3) is 0 Å². The maximum Gasteiger partial charge on any atom is 0.193 e. The lowest BCUT2D eigenvalue weighted by Crippen LogP contribution is -2.05. The summed E-state index contributed by atoms with van der Waals surface area (Å²) >= 11 is 0. The topological polar surface area (TPSA) is 56.2 Å². The Morgan fingerprint density at radius 3 is 2.61 bits per heavy atom. The molecule has 92 valence electrons. The highest BCUT2D eigenvalue weighted by atomic mass is 35.5. The van der Waals surface area contributed by atoms with E-state index in [4.69, 9.17) is 10.2 Å². The molecule has 0 aliphatic heterocycles. The molecule has 0 amide bonds. The van der Waals surface area contributed by atoms with Crippen LogP contribution in [0.1, 0.15) is 5.76 Å². The van der Waals surface area contributed by atoms with E-state index in [-0.39, 0.29) is 24.4 Å². The summed E-state index contributed by atoms with van der Waals surface area (Å²) < 4.78 is 5.68. The van der Waals surface area contributed by atoms with E-state index >= 15 is 0 Å². The Labute approximate surface area is 110 Å². The molecule has 0 unspecified atom stereocenters. The van der Waals surface area contributed by atoms with Crippen LogP contribution in [0.2, 0.25) is 0 Å². The van der Waals surface area contributed by atoms with Gasteiger partial charge >= 0.3 is 0 Å². The van der Waals surface area contributed by atoms with E-state index in [2.05, 4.69) is 0 Å². The first kappa shape index (κ1) is 12.6. The van der Waals surface area contributed by atoms with Gasteiger partial charge in [-0.15, -0.1) is 12.4 Å². The van der Waals surface area contributed by atoms with Gasteiger partial charge in [0.15, 0.2) is 5.43 Å². The van der Waals surface area contributed by atoms with Gasteiger partial charge in [0.05, 0.1) is 11.9 Å². The largest absolute Gasteiger partial charge is 0.459 e. The molecule has 0 aliphatic carbocycles. The Balaban J connectivity index is 0.00000120. The van der Waals surface area contributed by atoms with E-state index in [1.807, 2.05) is 30.3 Å². The van der Waals surface area contributed by atoms with Crippen molar-refractivity contribution in [3.8, 4) is 0 Å². The molecule has 2 aromatic carbocycles. The number of benzene rings is 2. The Hall–Kier alpha value is -1.84. The van der Waals surface area contributed by atoms with Crippen molar-refractivity contribution in [2.45, 2.75) is 6.54 Å². The highest BCUT2D eigenvalue weighted by Gasteiger charge is 2.07. The second-order valence-electron chi connectivity index (χ2n) is 3.94. The highest BCUT2D eigenvalue weighted by Crippen LogP contribution is 2.23. The van der Waals surface area contributed by atoms with E-state index < -0.39 is 0 Å². The molecular weight excluding hydrogens is 250 g/mol. The number of nitrogens with two attached hydrogens (primary N) is 1. The third kappa shape index (κ3) is 1.88. The van der Waals surface area contributed by atoms with Gasteiger partial charge in [-0.1, -0.05) is 30.3 Å². The van der Waals surface area contributed by atoms with Gasteiger partial charge < -0.3 is 10.2 Å². The summed E-state index contributed by atoms with van der Waals surface area (Å²) in [6, 6.07) is 13.0. The molecule has 2 N–H and O–H groups in total. The lowest BCUT2D eigenvalue weighted by Gasteiger charge is -2.04. The van der Waals surface area contributed by atoms with Crippen LogP contribution in [0.15, 0.2) is 51.7 Å². The van der Waals surface area contributed by atoms with E-state index in [1.165, 1.54) is 6.07 Å². The maximum atomic E-state index is 11.9.